The van der Waals surface area contributed by atoms with Crippen LogP contribution in [0.1, 0.15) is 10.4 Å². The van der Waals surface area contributed by atoms with E-state index in [1.54, 1.807) is 36.5 Å². The van der Waals surface area contributed by atoms with Crippen LogP contribution < -0.4 is 4.74 Å². The van der Waals surface area contributed by atoms with Crippen molar-refractivity contribution in [1.82, 2.24) is 4.98 Å². The first-order valence-electron chi connectivity index (χ1n) is 5.20. The molecule has 0 radical (unpaired) electrons. The molecule has 4 nitrogen and oxygen atoms in total. The van der Waals surface area contributed by atoms with Crippen LogP contribution in [0, 0.1) is 0 Å². The van der Waals surface area contributed by atoms with Crippen LogP contribution in [-0.2, 0) is 0 Å². The van der Waals surface area contributed by atoms with Gasteiger partial charge in [-0.05, 0) is 30.5 Å². The highest BCUT2D eigenvalue weighted by Crippen LogP contribution is 2.31. The smallest absolute Gasteiger partial charge is 0.340 e. The second-order valence-corrected chi connectivity index (χ2v) is 4.28. The molecule has 1 N–H and O–H groups in total. The fourth-order valence-electron chi connectivity index (χ4n) is 1.51. The van der Waals surface area contributed by atoms with Crippen molar-refractivity contribution in [3.63, 3.8) is 0 Å². The average molecular weight is 261 g/mol. The zero-order valence-electron chi connectivity index (χ0n) is 9.66. The SMILES string of the molecule is CSc1cccc(Oc2cccnc2)c1C(=O)O. The summed E-state index contributed by atoms with van der Waals surface area (Å²) >= 11 is 1.37. The third-order valence-electron chi connectivity index (χ3n) is 2.28. The number of carbonyl (C=O) groups is 1. The number of thioether (sulfide) groups is 1. The number of hydrogen-bond donors (Lipinski definition) is 1. The van der Waals surface area contributed by atoms with Crippen LogP contribution in [0.25, 0.3) is 0 Å². The molecule has 1 heterocycles. The van der Waals surface area contributed by atoms with Crippen LogP contribution in [0.3, 0.4) is 0 Å². The van der Waals surface area contributed by atoms with E-state index in [2.05, 4.69) is 4.98 Å². The lowest BCUT2D eigenvalue weighted by atomic mass is 10.2. The zero-order valence-corrected chi connectivity index (χ0v) is 10.5. The van der Waals surface area contributed by atoms with E-state index < -0.39 is 5.97 Å². The minimum atomic E-state index is -1.00. The maximum absolute atomic E-state index is 11.3. The molecule has 0 spiro atoms. The summed E-state index contributed by atoms with van der Waals surface area (Å²) in [6.07, 6.45) is 5.00. The Bertz CT molecular complexity index is 557. The Kier molecular flexibility index (Phi) is 3.84. The number of benzene rings is 1. The lowest BCUT2D eigenvalue weighted by Gasteiger charge is -2.10. The van der Waals surface area contributed by atoms with Crippen LogP contribution in [0.2, 0.25) is 0 Å². The van der Waals surface area contributed by atoms with E-state index in [0.717, 1.165) is 0 Å². The number of pyridine rings is 1. The van der Waals surface area contributed by atoms with E-state index in [0.29, 0.717) is 16.4 Å². The second kappa shape index (κ2) is 5.55. The molecule has 92 valence electrons. The van der Waals surface area contributed by atoms with Crippen LogP contribution in [0.15, 0.2) is 47.6 Å². The molecule has 0 aliphatic heterocycles. The highest BCUT2D eigenvalue weighted by atomic mass is 32.2. The lowest BCUT2D eigenvalue weighted by Crippen LogP contribution is -2.02. The van der Waals surface area contributed by atoms with Gasteiger partial charge in [0.2, 0.25) is 0 Å². The Morgan fingerprint density at radius 1 is 1.33 bits per heavy atom. The molecule has 0 unspecified atom stereocenters. The number of aromatic nitrogens is 1. The molecular formula is C13H11NO3S. The van der Waals surface area contributed by atoms with Gasteiger partial charge in [-0.1, -0.05) is 6.07 Å². The maximum Gasteiger partial charge on any atom is 0.340 e. The zero-order chi connectivity index (χ0) is 13.0. The van der Waals surface area contributed by atoms with Crippen molar-refractivity contribution in [1.29, 1.82) is 0 Å². The van der Waals surface area contributed by atoms with Crippen molar-refractivity contribution in [2.45, 2.75) is 4.90 Å². The highest BCUT2D eigenvalue weighted by Gasteiger charge is 2.16. The number of rotatable bonds is 4. The largest absolute Gasteiger partial charge is 0.478 e. The Labute approximate surface area is 109 Å². The van der Waals surface area contributed by atoms with Gasteiger partial charge in [-0.3, -0.25) is 4.98 Å². The van der Waals surface area contributed by atoms with Gasteiger partial charge in [-0.2, -0.15) is 0 Å². The van der Waals surface area contributed by atoms with Gasteiger partial charge in [0.25, 0.3) is 0 Å². The molecule has 18 heavy (non-hydrogen) atoms. The maximum atomic E-state index is 11.3. The van der Waals surface area contributed by atoms with E-state index in [-0.39, 0.29) is 5.56 Å². The summed E-state index contributed by atoms with van der Waals surface area (Å²) in [5, 5.41) is 9.25. The molecule has 0 fully saturated rings. The highest BCUT2D eigenvalue weighted by molar-refractivity contribution is 7.98. The van der Waals surface area contributed by atoms with Crippen LogP contribution in [0.5, 0.6) is 11.5 Å². The fraction of sp³-hybridized carbons (Fsp3) is 0.0769. The molecule has 0 atom stereocenters. The summed E-state index contributed by atoms with van der Waals surface area (Å²) in [6.45, 7) is 0. The van der Waals surface area contributed by atoms with Crippen molar-refractivity contribution in [2.75, 3.05) is 6.26 Å². The molecule has 0 amide bonds. The number of nitrogens with zero attached hydrogens (tertiary/aromatic N) is 1. The second-order valence-electron chi connectivity index (χ2n) is 3.43. The Morgan fingerprint density at radius 3 is 2.78 bits per heavy atom. The Morgan fingerprint density at radius 2 is 2.17 bits per heavy atom. The predicted molar refractivity (Wildman–Crippen MR) is 69.5 cm³/mol. The molecule has 2 aromatic rings. The average Bonchev–Trinajstić information content (AvgIpc) is 2.39. The first kappa shape index (κ1) is 12.4. The quantitative estimate of drug-likeness (QED) is 0.856. The van der Waals surface area contributed by atoms with Gasteiger partial charge in [-0.15, -0.1) is 11.8 Å². The van der Waals surface area contributed by atoms with Gasteiger partial charge in [0.1, 0.15) is 17.1 Å². The van der Waals surface area contributed by atoms with Crippen molar-refractivity contribution < 1.29 is 14.6 Å². The van der Waals surface area contributed by atoms with Crippen LogP contribution >= 0.6 is 11.8 Å². The van der Waals surface area contributed by atoms with E-state index in [9.17, 15) is 9.90 Å². The third-order valence-corrected chi connectivity index (χ3v) is 3.06. The minimum absolute atomic E-state index is 0.175. The summed E-state index contributed by atoms with van der Waals surface area (Å²) in [4.78, 5) is 15.9. The summed E-state index contributed by atoms with van der Waals surface area (Å²) in [7, 11) is 0. The summed E-state index contributed by atoms with van der Waals surface area (Å²) in [5.41, 5.74) is 0.175. The van der Waals surface area contributed by atoms with E-state index in [1.165, 1.54) is 18.0 Å². The van der Waals surface area contributed by atoms with E-state index in [4.69, 9.17) is 4.74 Å². The third kappa shape index (κ3) is 2.62. The Hall–Kier alpha value is -2.01. The summed E-state index contributed by atoms with van der Waals surface area (Å²) in [6, 6.07) is 8.61. The molecule has 0 saturated carbocycles. The fourth-order valence-corrected chi connectivity index (χ4v) is 2.12. The number of hydrogen-bond acceptors (Lipinski definition) is 4. The van der Waals surface area contributed by atoms with Crippen molar-refractivity contribution in [2.24, 2.45) is 0 Å². The molecule has 1 aromatic heterocycles. The number of carboxylic acids is 1. The number of carboxylic acid groups (broad SMARTS) is 1. The van der Waals surface area contributed by atoms with Crippen LogP contribution in [0.4, 0.5) is 0 Å². The topological polar surface area (TPSA) is 59.4 Å². The molecule has 0 saturated heterocycles. The van der Waals surface area contributed by atoms with Crippen molar-refractivity contribution >= 4 is 17.7 Å². The Balaban J connectivity index is 2.42. The van der Waals surface area contributed by atoms with Gasteiger partial charge in [0, 0.05) is 11.1 Å². The predicted octanol–water partition coefficient (Wildman–Crippen LogP) is 3.29. The van der Waals surface area contributed by atoms with Gasteiger partial charge >= 0.3 is 5.97 Å². The first-order chi connectivity index (χ1) is 8.72. The molecule has 0 aliphatic carbocycles. The molecule has 2 rings (SSSR count). The molecule has 5 heteroatoms. The van der Waals surface area contributed by atoms with Gasteiger partial charge in [-0.25, -0.2) is 4.79 Å². The summed E-state index contributed by atoms with van der Waals surface area (Å²) < 4.78 is 5.56. The minimum Gasteiger partial charge on any atom is -0.478 e. The molecule has 0 bridgehead atoms. The van der Waals surface area contributed by atoms with E-state index >= 15 is 0 Å². The lowest BCUT2D eigenvalue weighted by molar-refractivity contribution is 0.0690. The number of ether oxygens (including phenoxy) is 1. The molecular weight excluding hydrogens is 250 g/mol. The van der Waals surface area contributed by atoms with Crippen molar-refractivity contribution in [3.8, 4) is 11.5 Å². The molecule has 0 aliphatic rings. The van der Waals surface area contributed by atoms with E-state index in [1.807, 2.05) is 6.26 Å². The van der Waals surface area contributed by atoms with Crippen LogP contribution in [-0.4, -0.2) is 22.3 Å². The van der Waals surface area contributed by atoms with Gasteiger partial charge in [0.05, 0.1) is 6.20 Å². The molecule has 1 aromatic carbocycles. The van der Waals surface area contributed by atoms with Gasteiger partial charge < -0.3 is 9.84 Å². The van der Waals surface area contributed by atoms with Gasteiger partial charge in [0.15, 0.2) is 0 Å². The first-order valence-corrected chi connectivity index (χ1v) is 6.43. The standard InChI is InChI=1S/C13H11NO3S/c1-18-11-6-2-5-10(12(11)13(15)16)17-9-4-3-7-14-8-9/h2-8H,1H3,(H,15,16). The number of aromatic carboxylic acids is 1. The summed E-state index contributed by atoms with van der Waals surface area (Å²) in [5.74, 6) is -0.167. The monoisotopic (exact) mass is 261 g/mol. The normalized spacial score (nSPS) is 10.1. The van der Waals surface area contributed by atoms with Crippen molar-refractivity contribution in [3.05, 3.63) is 48.3 Å².